The zero-order valence-corrected chi connectivity index (χ0v) is 14.5. The highest BCUT2D eigenvalue weighted by Crippen LogP contribution is 2.25. The molecule has 0 unspecified atom stereocenters. The summed E-state index contributed by atoms with van der Waals surface area (Å²) in [6.45, 7) is 7.15. The number of hydrogen-bond donors (Lipinski definition) is 1. The normalized spacial score (nSPS) is 10.5. The summed E-state index contributed by atoms with van der Waals surface area (Å²) in [6.07, 6.45) is 0. The highest BCUT2D eigenvalue weighted by atomic mass is 16.5. The van der Waals surface area contributed by atoms with Crippen molar-refractivity contribution in [3.8, 4) is 11.5 Å². The van der Waals surface area contributed by atoms with E-state index >= 15 is 0 Å². The van der Waals surface area contributed by atoms with E-state index in [1.54, 1.807) is 0 Å². The molecule has 0 fully saturated rings. The predicted octanol–water partition coefficient (Wildman–Crippen LogP) is 3.69. The van der Waals surface area contributed by atoms with E-state index in [0.717, 1.165) is 11.3 Å². The smallest absolute Gasteiger partial charge is 0.258 e. The van der Waals surface area contributed by atoms with E-state index in [9.17, 15) is 4.79 Å². The molecule has 0 aromatic heterocycles. The molecule has 2 aromatic rings. The van der Waals surface area contributed by atoms with E-state index in [0.29, 0.717) is 24.8 Å². The summed E-state index contributed by atoms with van der Waals surface area (Å²) in [4.78, 5) is 11.8. The maximum Gasteiger partial charge on any atom is 0.258 e. The molecule has 0 heterocycles. The third-order valence-electron chi connectivity index (χ3n) is 3.61. The Hall–Kier alpha value is -2.49. The first kappa shape index (κ1) is 17.9. The molecule has 0 atom stereocenters. The van der Waals surface area contributed by atoms with Gasteiger partial charge in [-0.05, 0) is 36.6 Å². The van der Waals surface area contributed by atoms with Gasteiger partial charge in [-0.15, -0.1) is 0 Å². The van der Waals surface area contributed by atoms with Gasteiger partial charge in [0.2, 0.25) is 0 Å². The number of carbonyl (C=O) groups excluding carboxylic acids is 1. The van der Waals surface area contributed by atoms with Gasteiger partial charge in [-0.2, -0.15) is 0 Å². The van der Waals surface area contributed by atoms with Gasteiger partial charge in [-0.1, -0.05) is 49.7 Å². The zero-order chi connectivity index (χ0) is 17.4. The number of hydrogen-bond acceptors (Lipinski definition) is 3. The van der Waals surface area contributed by atoms with Crippen LogP contribution in [-0.2, 0) is 4.79 Å². The number of benzene rings is 2. The first-order chi connectivity index (χ1) is 11.6. The van der Waals surface area contributed by atoms with Crippen LogP contribution in [0, 0.1) is 6.92 Å². The molecule has 0 aliphatic carbocycles. The van der Waals surface area contributed by atoms with Crippen molar-refractivity contribution in [2.24, 2.45) is 0 Å². The molecule has 0 radical (unpaired) electrons. The molecular weight excluding hydrogens is 302 g/mol. The standard InChI is InChI=1S/C20H25NO3/c1-15(2)18-6-4-5-7-19(18)23-13-12-21-20(22)14-24-17-10-8-16(3)9-11-17/h4-11,15H,12-14H2,1-3H3,(H,21,22). The average Bonchev–Trinajstić information content (AvgIpc) is 2.58. The zero-order valence-electron chi connectivity index (χ0n) is 14.5. The maximum absolute atomic E-state index is 11.8. The largest absolute Gasteiger partial charge is 0.491 e. The number of nitrogens with one attached hydrogen (secondary N) is 1. The Morgan fingerprint density at radius 3 is 2.46 bits per heavy atom. The summed E-state index contributed by atoms with van der Waals surface area (Å²) in [5.41, 5.74) is 2.33. The molecule has 0 aliphatic heterocycles. The van der Waals surface area contributed by atoms with Crippen molar-refractivity contribution < 1.29 is 14.3 Å². The SMILES string of the molecule is Cc1ccc(OCC(=O)NCCOc2ccccc2C(C)C)cc1. The molecule has 4 heteroatoms. The van der Waals surface area contributed by atoms with Crippen LogP contribution in [0.3, 0.4) is 0 Å². The Labute approximate surface area is 143 Å². The van der Waals surface area contributed by atoms with Crippen molar-refractivity contribution in [1.29, 1.82) is 0 Å². The molecule has 0 saturated heterocycles. The van der Waals surface area contributed by atoms with Crippen LogP contribution in [0.25, 0.3) is 0 Å². The minimum atomic E-state index is -0.156. The molecule has 128 valence electrons. The van der Waals surface area contributed by atoms with Crippen LogP contribution in [0.4, 0.5) is 0 Å². The van der Waals surface area contributed by atoms with Gasteiger partial charge in [0.25, 0.3) is 5.91 Å². The Balaban J connectivity index is 1.69. The lowest BCUT2D eigenvalue weighted by molar-refractivity contribution is -0.123. The molecule has 1 N–H and O–H groups in total. The second-order valence-electron chi connectivity index (χ2n) is 5.99. The van der Waals surface area contributed by atoms with Crippen molar-refractivity contribution in [1.82, 2.24) is 5.32 Å². The molecule has 0 bridgehead atoms. The van der Waals surface area contributed by atoms with Crippen molar-refractivity contribution in [2.45, 2.75) is 26.7 Å². The third kappa shape index (κ3) is 5.61. The van der Waals surface area contributed by atoms with E-state index in [1.807, 2.05) is 49.4 Å². The molecule has 4 nitrogen and oxygen atoms in total. The van der Waals surface area contributed by atoms with Gasteiger partial charge >= 0.3 is 0 Å². The molecule has 0 spiro atoms. The van der Waals surface area contributed by atoms with E-state index in [2.05, 4.69) is 25.2 Å². The van der Waals surface area contributed by atoms with Crippen molar-refractivity contribution in [3.63, 3.8) is 0 Å². The maximum atomic E-state index is 11.8. The molecule has 0 saturated carbocycles. The van der Waals surface area contributed by atoms with Crippen LogP contribution < -0.4 is 14.8 Å². The Morgan fingerprint density at radius 1 is 1.04 bits per heavy atom. The minimum Gasteiger partial charge on any atom is -0.491 e. The fourth-order valence-electron chi connectivity index (χ4n) is 2.27. The highest BCUT2D eigenvalue weighted by Gasteiger charge is 2.07. The lowest BCUT2D eigenvalue weighted by Crippen LogP contribution is -2.32. The van der Waals surface area contributed by atoms with Crippen LogP contribution in [0.2, 0.25) is 0 Å². The van der Waals surface area contributed by atoms with Gasteiger partial charge < -0.3 is 14.8 Å². The average molecular weight is 327 g/mol. The van der Waals surface area contributed by atoms with Gasteiger partial charge in [0.15, 0.2) is 6.61 Å². The number of carbonyl (C=O) groups is 1. The highest BCUT2D eigenvalue weighted by molar-refractivity contribution is 5.77. The van der Waals surface area contributed by atoms with E-state index in [-0.39, 0.29) is 12.5 Å². The third-order valence-corrected chi connectivity index (χ3v) is 3.61. The number of aryl methyl sites for hydroxylation is 1. The minimum absolute atomic E-state index is 0.00560. The number of rotatable bonds is 8. The van der Waals surface area contributed by atoms with E-state index < -0.39 is 0 Å². The van der Waals surface area contributed by atoms with Gasteiger partial charge in [0, 0.05) is 0 Å². The number of para-hydroxylation sites is 1. The van der Waals surface area contributed by atoms with Crippen molar-refractivity contribution >= 4 is 5.91 Å². The van der Waals surface area contributed by atoms with Gasteiger partial charge in [-0.3, -0.25) is 4.79 Å². The fraction of sp³-hybridized carbons (Fsp3) is 0.350. The molecule has 1 amide bonds. The van der Waals surface area contributed by atoms with Crippen molar-refractivity contribution in [2.75, 3.05) is 19.8 Å². The summed E-state index contributed by atoms with van der Waals surface area (Å²) < 4.78 is 11.2. The van der Waals surface area contributed by atoms with E-state index in [4.69, 9.17) is 9.47 Å². The van der Waals surface area contributed by atoms with Crippen LogP contribution >= 0.6 is 0 Å². The molecular formula is C20H25NO3. The lowest BCUT2D eigenvalue weighted by atomic mass is 10.0. The summed E-state index contributed by atoms with van der Waals surface area (Å²) in [5.74, 6) is 1.81. The van der Waals surface area contributed by atoms with Crippen LogP contribution in [0.15, 0.2) is 48.5 Å². The summed E-state index contributed by atoms with van der Waals surface area (Å²) >= 11 is 0. The van der Waals surface area contributed by atoms with Crippen LogP contribution in [0.5, 0.6) is 11.5 Å². The van der Waals surface area contributed by atoms with Gasteiger partial charge in [0.05, 0.1) is 6.54 Å². The quantitative estimate of drug-likeness (QED) is 0.752. The first-order valence-electron chi connectivity index (χ1n) is 8.24. The first-order valence-corrected chi connectivity index (χ1v) is 8.24. The van der Waals surface area contributed by atoms with Gasteiger partial charge in [0.1, 0.15) is 18.1 Å². The molecule has 2 aromatic carbocycles. The van der Waals surface area contributed by atoms with Crippen LogP contribution in [0.1, 0.15) is 30.9 Å². The summed E-state index contributed by atoms with van der Waals surface area (Å²) in [7, 11) is 0. The topological polar surface area (TPSA) is 47.6 Å². The Kier molecular flexibility index (Phi) is 6.67. The summed E-state index contributed by atoms with van der Waals surface area (Å²) in [5, 5.41) is 2.79. The summed E-state index contributed by atoms with van der Waals surface area (Å²) in [6, 6.07) is 15.6. The predicted molar refractivity (Wildman–Crippen MR) is 95.7 cm³/mol. The van der Waals surface area contributed by atoms with E-state index in [1.165, 1.54) is 5.56 Å². The molecule has 0 aliphatic rings. The number of amides is 1. The van der Waals surface area contributed by atoms with Crippen molar-refractivity contribution in [3.05, 3.63) is 59.7 Å². The van der Waals surface area contributed by atoms with Crippen LogP contribution in [-0.4, -0.2) is 25.7 Å². The lowest BCUT2D eigenvalue weighted by Gasteiger charge is -2.14. The molecule has 2 rings (SSSR count). The fourth-order valence-corrected chi connectivity index (χ4v) is 2.27. The second kappa shape index (κ2) is 8.96. The van der Waals surface area contributed by atoms with Gasteiger partial charge in [-0.25, -0.2) is 0 Å². The second-order valence-corrected chi connectivity index (χ2v) is 5.99. The Morgan fingerprint density at radius 2 is 1.75 bits per heavy atom. The monoisotopic (exact) mass is 327 g/mol. The number of ether oxygens (including phenoxy) is 2. The molecule has 24 heavy (non-hydrogen) atoms. The Bertz CT molecular complexity index is 650.